The molecule has 0 spiro atoms. The standard InChI is InChI=1S/C18H23ClN4O2/c1-10-14(16(25)22-17(20-10)18(2,3)4)15(24)21-11-7-8-13(23(5)6)12(19)9-11/h7-9H,1-6H3,(H,21,24)(H,20,22,25). The summed E-state index contributed by atoms with van der Waals surface area (Å²) in [7, 11) is 3.76. The van der Waals surface area contributed by atoms with Gasteiger partial charge in [-0.2, -0.15) is 0 Å². The van der Waals surface area contributed by atoms with Crippen molar-refractivity contribution >= 4 is 28.9 Å². The van der Waals surface area contributed by atoms with Crippen molar-refractivity contribution in [2.75, 3.05) is 24.3 Å². The Labute approximate surface area is 152 Å². The summed E-state index contributed by atoms with van der Waals surface area (Å²) in [5.41, 5.74) is 0.979. The number of rotatable bonds is 3. The third-order valence-corrected chi connectivity index (χ3v) is 4.03. The van der Waals surface area contributed by atoms with E-state index < -0.39 is 11.5 Å². The van der Waals surface area contributed by atoms with Gasteiger partial charge in [-0.05, 0) is 25.1 Å². The third kappa shape index (κ3) is 4.20. The van der Waals surface area contributed by atoms with Crippen LogP contribution in [0.5, 0.6) is 0 Å². The number of amides is 1. The Kier molecular flexibility index (Phi) is 5.23. The van der Waals surface area contributed by atoms with E-state index in [9.17, 15) is 9.59 Å². The second kappa shape index (κ2) is 6.88. The van der Waals surface area contributed by atoms with Crippen molar-refractivity contribution in [2.45, 2.75) is 33.1 Å². The van der Waals surface area contributed by atoms with Gasteiger partial charge in [-0.1, -0.05) is 32.4 Å². The maximum Gasteiger partial charge on any atom is 0.264 e. The van der Waals surface area contributed by atoms with Crippen molar-refractivity contribution in [1.82, 2.24) is 9.97 Å². The van der Waals surface area contributed by atoms with Crippen molar-refractivity contribution < 1.29 is 4.79 Å². The predicted molar refractivity (Wildman–Crippen MR) is 102 cm³/mol. The first-order chi connectivity index (χ1) is 11.5. The lowest BCUT2D eigenvalue weighted by Gasteiger charge is -2.18. The molecule has 0 unspecified atom stereocenters. The lowest BCUT2D eigenvalue weighted by molar-refractivity contribution is 0.102. The van der Waals surface area contributed by atoms with Gasteiger partial charge in [0.05, 0.1) is 16.4 Å². The summed E-state index contributed by atoms with van der Waals surface area (Å²) in [6.07, 6.45) is 0. The van der Waals surface area contributed by atoms with Crippen LogP contribution < -0.4 is 15.8 Å². The average molecular weight is 363 g/mol. The molecule has 0 fully saturated rings. The monoisotopic (exact) mass is 362 g/mol. The highest BCUT2D eigenvalue weighted by molar-refractivity contribution is 6.33. The van der Waals surface area contributed by atoms with Crippen LogP contribution >= 0.6 is 11.6 Å². The fourth-order valence-corrected chi connectivity index (χ4v) is 2.70. The van der Waals surface area contributed by atoms with Gasteiger partial charge >= 0.3 is 0 Å². The van der Waals surface area contributed by atoms with E-state index in [1.54, 1.807) is 25.1 Å². The molecule has 0 bridgehead atoms. The molecule has 0 saturated heterocycles. The van der Waals surface area contributed by atoms with Crippen molar-refractivity contribution in [2.24, 2.45) is 0 Å². The first kappa shape index (κ1) is 19.0. The molecule has 0 radical (unpaired) electrons. The molecule has 25 heavy (non-hydrogen) atoms. The molecule has 0 aliphatic carbocycles. The maximum atomic E-state index is 12.5. The number of aromatic amines is 1. The van der Waals surface area contributed by atoms with E-state index in [0.717, 1.165) is 5.69 Å². The van der Waals surface area contributed by atoms with Gasteiger partial charge in [0, 0.05) is 25.2 Å². The summed E-state index contributed by atoms with van der Waals surface area (Å²) >= 11 is 6.21. The Bertz CT molecular complexity index is 866. The predicted octanol–water partition coefficient (Wildman–Crippen LogP) is 3.35. The van der Waals surface area contributed by atoms with E-state index in [1.807, 2.05) is 39.8 Å². The van der Waals surface area contributed by atoms with Gasteiger partial charge in [-0.3, -0.25) is 9.59 Å². The average Bonchev–Trinajstić information content (AvgIpc) is 2.45. The number of carbonyl (C=O) groups excluding carboxylic acids is 1. The van der Waals surface area contributed by atoms with Gasteiger partial charge in [-0.15, -0.1) is 0 Å². The van der Waals surface area contributed by atoms with Crippen molar-refractivity contribution in [1.29, 1.82) is 0 Å². The molecule has 2 aromatic rings. The van der Waals surface area contributed by atoms with Gasteiger partial charge in [0.2, 0.25) is 0 Å². The molecule has 7 heteroatoms. The Hall–Kier alpha value is -2.34. The second-order valence-corrected chi connectivity index (χ2v) is 7.55. The van der Waals surface area contributed by atoms with Gasteiger partial charge in [-0.25, -0.2) is 4.98 Å². The molecule has 0 aliphatic rings. The van der Waals surface area contributed by atoms with Gasteiger partial charge < -0.3 is 15.2 Å². The van der Waals surface area contributed by atoms with Crippen LogP contribution in [0.2, 0.25) is 5.02 Å². The van der Waals surface area contributed by atoms with Crippen molar-refractivity contribution in [3.05, 3.63) is 50.7 Å². The summed E-state index contributed by atoms with van der Waals surface area (Å²) in [6, 6.07) is 5.19. The number of aryl methyl sites for hydroxylation is 1. The lowest BCUT2D eigenvalue weighted by Crippen LogP contribution is -2.30. The van der Waals surface area contributed by atoms with Crippen LogP contribution in [0.3, 0.4) is 0 Å². The van der Waals surface area contributed by atoms with E-state index in [1.165, 1.54) is 0 Å². The molecule has 1 heterocycles. The van der Waals surface area contributed by atoms with Crippen LogP contribution in [0.4, 0.5) is 11.4 Å². The van der Waals surface area contributed by atoms with E-state index in [2.05, 4.69) is 15.3 Å². The molecule has 0 aliphatic heterocycles. The Morgan fingerprint density at radius 1 is 1.28 bits per heavy atom. The molecule has 1 amide bonds. The molecule has 134 valence electrons. The van der Waals surface area contributed by atoms with Crippen molar-refractivity contribution in [3.63, 3.8) is 0 Å². The van der Waals surface area contributed by atoms with Crippen LogP contribution in [-0.4, -0.2) is 30.0 Å². The van der Waals surface area contributed by atoms with Gasteiger partial charge in [0.15, 0.2) is 0 Å². The number of halogens is 1. The first-order valence-corrected chi connectivity index (χ1v) is 8.28. The van der Waals surface area contributed by atoms with Crippen LogP contribution in [-0.2, 0) is 5.41 Å². The van der Waals surface area contributed by atoms with E-state index >= 15 is 0 Å². The minimum Gasteiger partial charge on any atom is -0.376 e. The summed E-state index contributed by atoms with van der Waals surface area (Å²) in [4.78, 5) is 33.8. The first-order valence-electron chi connectivity index (χ1n) is 7.90. The zero-order valence-electron chi connectivity index (χ0n) is 15.3. The van der Waals surface area contributed by atoms with Crippen LogP contribution in [0.25, 0.3) is 0 Å². The summed E-state index contributed by atoms with van der Waals surface area (Å²) in [6.45, 7) is 7.48. The number of carbonyl (C=O) groups is 1. The highest BCUT2D eigenvalue weighted by Gasteiger charge is 2.22. The summed E-state index contributed by atoms with van der Waals surface area (Å²) < 4.78 is 0. The Morgan fingerprint density at radius 2 is 1.92 bits per heavy atom. The van der Waals surface area contributed by atoms with Crippen LogP contribution in [0.1, 0.15) is 42.6 Å². The highest BCUT2D eigenvalue weighted by atomic mass is 35.5. The number of nitrogens with zero attached hydrogens (tertiary/aromatic N) is 2. The molecule has 0 saturated carbocycles. The number of benzene rings is 1. The van der Waals surface area contributed by atoms with Gasteiger partial charge in [0.25, 0.3) is 11.5 Å². The topological polar surface area (TPSA) is 78.1 Å². The maximum absolute atomic E-state index is 12.5. The number of H-pyrrole nitrogens is 1. The fraction of sp³-hybridized carbons (Fsp3) is 0.389. The number of anilines is 2. The molecule has 2 rings (SSSR count). The van der Waals surface area contributed by atoms with E-state index in [-0.39, 0.29) is 11.0 Å². The SMILES string of the molecule is Cc1nc(C(C)(C)C)[nH]c(=O)c1C(=O)Nc1ccc(N(C)C)c(Cl)c1. The quantitative estimate of drug-likeness (QED) is 0.877. The zero-order chi connectivity index (χ0) is 18.9. The third-order valence-electron chi connectivity index (χ3n) is 3.73. The molecule has 1 aromatic carbocycles. The molecule has 0 atom stereocenters. The minimum atomic E-state index is -0.514. The zero-order valence-corrected chi connectivity index (χ0v) is 16.1. The smallest absolute Gasteiger partial charge is 0.264 e. The van der Waals surface area contributed by atoms with Crippen LogP contribution in [0.15, 0.2) is 23.0 Å². The molecule has 6 nitrogen and oxygen atoms in total. The Balaban J connectivity index is 2.33. The normalized spacial score (nSPS) is 11.3. The number of nitrogens with one attached hydrogen (secondary N) is 2. The number of aromatic nitrogens is 2. The molecule has 1 aromatic heterocycles. The Morgan fingerprint density at radius 3 is 2.40 bits per heavy atom. The van der Waals surface area contributed by atoms with Crippen molar-refractivity contribution in [3.8, 4) is 0 Å². The van der Waals surface area contributed by atoms with E-state index in [4.69, 9.17) is 11.6 Å². The number of hydrogen-bond acceptors (Lipinski definition) is 4. The largest absolute Gasteiger partial charge is 0.376 e. The van der Waals surface area contributed by atoms with E-state index in [0.29, 0.717) is 22.2 Å². The van der Waals surface area contributed by atoms with Crippen LogP contribution in [0, 0.1) is 6.92 Å². The molecule has 2 N–H and O–H groups in total. The minimum absolute atomic E-state index is 0.000749. The summed E-state index contributed by atoms with van der Waals surface area (Å²) in [5, 5.41) is 3.21. The lowest BCUT2D eigenvalue weighted by atomic mass is 9.95. The van der Waals surface area contributed by atoms with Gasteiger partial charge in [0.1, 0.15) is 11.4 Å². The highest BCUT2D eigenvalue weighted by Crippen LogP contribution is 2.27. The molecular weight excluding hydrogens is 340 g/mol. The molecular formula is C18H23ClN4O2. The number of hydrogen-bond donors (Lipinski definition) is 2. The fourth-order valence-electron chi connectivity index (χ4n) is 2.35. The summed E-state index contributed by atoms with van der Waals surface area (Å²) in [5.74, 6) is 0.0327. The second-order valence-electron chi connectivity index (χ2n) is 7.14.